The highest BCUT2D eigenvalue weighted by Crippen LogP contribution is 2.30. The third-order valence-electron chi connectivity index (χ3n) is 6.09. The van der Waals surface area contributed by atoms with Gasteiger partial charge in [0.25, 0.3) is 5.91 Å². The predicted molar refractivity (Wildman–Crippen MR) is 140 cm³/mol. The van der Waals surface area contributed by atoms with Crippen molar-refractivity contribution < 1.29 is 19.1 Å². The predicted octanol–water partition coefficient (Wildman–Crippen LogP) is 5.83. The van der Waals surface area contributed by atoms with Crippen LogP contribution in [0.5, 0.6) is 11.5 Å². The highest BCUT2D eigenvalue weighted by molar-refractivity contribution is 6.13. The molecule has 4 aromatic carbocycles. The number of hydrogen-bond donors (Lipinski definition) is 1. The minimum absolute atomic E-state index is 0.217. The van der Waals surface area contributed by atoms with E-state index in [1.807, 2.05) is 55.5 Å². The Kier molecular flexibility index (Phi) is 6.41. The van der Waals surface area contributed by atoms with Crippen molar-refractivity contribution in [3.63, 3.8) is 0 Å². The van der Waals surface area contributed by atoms with Gasteiger partial charge in [-0.15, -0.1) is 0 Å². The first-order valence-electron chi connectivity index (χ1n) is 11.7. The van der Waals surface area contributed by atoms with Gasteiger partial charge in [-0.05, 0) is 58.7 Å². The van der Waals surface area contributed by atoms with Gasteiger partial charge < -0.3 is 14.8 Å². The quantitative estimate of drug-likeness (QED) is 0.268. The number of methoxy groups -OCH3 is 1. The molecule has 6 heteroatoms. The SMILES string of the molecule is COc1cc(/C=C2/NC(=O)N(Cc3cccc(C)c3)C2=O)ccc1OCc1ccc2ccccc2c1. The number of fused-ring (bicyclic) bond motifs is 1. The summed E-state index contributed by atoms with van der Waals surface area (Å²) >= 11 is 0. The minimum atomic E-state index is -0.435. The van der Waals surface area contributed by atoms with Crippen molar-refractivity contribution in [3.05, 3.63) is 113 Å². The zero-order valence-electron chi connectivity index (χ0n) is 20.2. The highest BCUT2D eigenvalue weighted by atomic mass is 16.5. The first-order valence-corrected chi connectivity index (χ1v) is 11.7. The molecule has 5 rings (SSSR count). The van der Waals surface area contributed by atoms with E-state index in [4.69, 9.17) is 9.47 Å². The standard InChI is InChI=1S/C30H26N2O4/c1-20-6-5-7-22(14-20)18-32-29(33)26(31-30(32)34)16-21-11-13-27(28(17-21)35-2)36-19-23-10-12-24-8-3-4-9-25(24)15-23/h3-17H,18-19H2,1-2H3,(H,31,34)/b26-16+. The fourth-order valence-electron chi connectivity index (χ4n) is 4.26. The molecule has 6 nitrogen and oxygen atoms in total. The Bertz CT molecular complexity index is 1490. The van der Waals surface area contributed by atoms with E-state index in [9.17, 15) is 9.59 Å². The summed E-state index contributed by atoms with van der Waals surface area (Å²) in [5, 5.41) is 5.02. The maximum Gasteiger partial charge on any atom is 0.329 e. The van der Waals surface area contributed by atoms with Crippen LogP contribution >= 0.6 is 0 Å². The minimum Gasteiger partial charge on any atom is -0.493 e. The number of rotatable bonds is 7. The van der Waals surface area contributed by atoms with Gasteiger partial charge in [-0.1, -0.05) is 72.3 Å². The molecule has 0 spiro atoms. The van der Waals surface area contributed by atoms with Gasteiger partial charge in [0.1, 0.15) is 12.3 Å². The number of carbonyl (C=O) groups is 2. The zero-order valence-corrected chi connectivity index (χ0v) is 20.2. The van der Waals surface area contributed by atoms with E-state index in [0.717, 1.165) is 22.1 Å². The summed E-state index contributed by atoms with van der Waals surface area (Å²) in [5.41, 5.74) is 3.96. The fraction of sp³-hybridized carbons (Fsp3) is 0.133. The van der Waals surface area contributed by atoms with E-state index in [1.54, 1.807) is 25.3 Å². The second-order valence-corrected chi connectivity index (χ2v) is 8.75. The second kappa shape index (κ2) is 9.96. The van der Waals surface area contributed by atoms with Gasteiger partial charge in [0.15, 0.2) is 11.5 Å². The Labute approximate surface area is 209 Å². The lowest BCUT2D eigenvalue weighted by Gasteiger charge is -2.12. The number of imide groups is 1. The van der Waals surface area contributed by atoms with Crippen LogP contribution in [0.25, 0.3) is 16.8 Å². The maximum atomic E-state index is 12.9. The van der Waals surface area contributed by atoms with Crippen LogP contribution in [-0.4, -0.2) is 23.9 Å². The lowest BCUT2D eigenvalue weighted by atomic mass is 10.1. The van der Waals surface area contributed by atoms with Crippen LogP contribution in [0.15, 0.2) is 90.6 Å². The van der Waals surface area contributed by atoms with E-state index >= 15 is 0 Å². The van der Waals surface area contributed by atoms with Gasteiger partial charge in [0.05, 0.1) is 13.7 Å². The number of urea groups is 1. The fourth-order valence-corrected chi connectivity index (χ4v) is 4.26. The van der Waals surface area contributed by atoms with Gasteiger partial charge in [-0.2, -0.15) is 0 Å². The molecular formula is C30H26N2O4. The number of amides is 3. The Balaban J connectivity index is 1.30. The smallest absolute Gasteiger partial charge is 0.329 e. The number of ether oxygens (including phenoxy) is 2. The summed E-state index contributed by atoms with van der Waals surface area (Å²) in [6.07, 6.45) is 1.64. The molecule has 1 heterocycles. The molecule has 0 atom stereocenters. The molecule has 0 aromatic heterocycles. The van der Waals surface area contributed by atoms with Crippen molar-refractivity contribution in [1.82, 2.24) is 10.2 Å². The zero-order chi connectivity index (χ0) is 25.1. The molecule has 0 unspecified atom stereocenters. The number of carbonyl (C=O) groups excluding carboxylic acids is 2. The van der Waals surface area contributed by atoms with Gasteiger partial charge in [0, 0.05) is 0 Å². The van der Waals surface area contributed by atoms with Crippen LogP contribution in [0, 0.1) is 6.92 Å². The van der Waals surface area contributed by atoms with Crippen molar-refractivity contribution in [2.75, 3.05) is 7.11 Å². The van der Waals surface area contributed by atoms with E-state index in [2.05, 4.69) is 29.6 Å². The third kappa shape index (κ3) is 4.93. The Morgan fingerprint density at radius 1 is 0.833 bits per heavy atom. The van der Waals surface area contributed by atoms with Crippen LogP contribution in [0.1, 0.15) is 22.3 Å². The monoisotopic (exact) mass is 478 g/mol. The van der Waals surface area contributed by atoms with Crippen molar-refractivity contribution in [3.8, 4) is 11.5 Å². The average molecular weight is 479 g/mol. The van der Waals surface area contributed by atoms with E-state index in [-0.39, 0.29) is 18.1 Å². The Morgan fingerprint density at radius 3 is 2.47 bits per heavy atom. The molecule has 0 radical (unpaired) electrons. The number of hydrogen-bond acceptors (Lipinski definition) is 4. The first-order chi connectivity index (χ1) is 17.5. The molecule has 1 aliphatic heterocycles. The molecule has 180 valence electrons. The second-order valence-electron chi connectivity index (χ2n) is 8.75. The van der Waals surface area contributed by atoms with Crippen LogP contribution < -0.4 is 14.8 Å². The number of nitrogens with zero attached hydrogens (tertiary/aromatic N) is 1. The van der Waals surface area contributed by atoms with E-state index in [0.29, 0.717) is 23.7 Å². The number of nitrogens with one attached hydrogen (secondary N) is 1. The van der Waals surface area contributed by atoms with Crippen LogP contribution in [0.2, 0.25) is 0 Å². The van der Waals surface area contributed by atoms with Gasteiger partial charge >= 0.3 is 6.03 Å². The van der Waals surface area contributed by atoms with Crippen molar-refractivity contribution in [2.45, 2.75) is 20.1 Å². The lowest BCUT2D eigenvalue weighted by molar-refractivity contribution is -0.123. The normalized spacial score (nSPS) is 14.4. The molecule has 4 aromatic rings. The third-order valence-corrected chi connectivity index (χ3v) is 6.09. The van der Waals surface area contributed by atoms with E-state index in [1.165, 1.54) is 10.3 Å². The summed E-state index contributed by atoms with van der Waals surface area (Å²) in [6.45, 7) is 2.59. The molecule has 1 fully saturated rings. The molecule has 1 N–H and O–H groups in total. The Morgan fingerprint density at radius 2 is 1.67 bits per heavy atom. The molecule has 1 saturated heterocycles. The van der Waals surface area contributed by atoms with Crippen molar-refractivity contribution in [2.24, 2.45) is 0 Å². The molecule has 0 aliphatic carbocycles. The van der Waals surface area contributed by atoms with Crippen LogP contribution in [0.3, 0.4) is 0 Å². The lowest BCUT2D eigenvalue weighted by Crippen LogP contribution is -2.30. The summed E-state index contributed by atoms with van der Waals surface area (Å²) in [7, 11) is 1.57. The van der Waals surface area contributed by atoms with Gasteiger partial charge in [-0.25, -0.2) is 4.79 Å². The van der Waals surface area contributed by atoms with Crippen LogP contribution in [-0.2, 0) is 17.9 Å². The molecule has 1 aliphatic rings. The number of benzene rings is 4. The first kappa shape index (κ1) is 23.2. The molecular weight excluding hydrogens is 452 g/mol. The van der Waals surface area contributed by atoms with Crippen molar-refractivity contribution in [1.29, 1.82) is 0 Å². The van der Waals surface area contributed by atoms with E-state index < -0.39 is 6.03 Å². The van der Waals surface area contributed by atoms with Gasteiger partial charge in [0.2, 0.25) is 0 Å². The molecule has 3 amide bonds. The van der Waals surface area contributed by atoms with Crippen LogP contribution in [0.4, 0.5) is 4.79 Å². The highest BCUT2D eigenvalue weighted by Gasteiger charge is 2.33. The summed E-state index contributed by atoms with van der Waals surface area (Å²) in [5.74, 6) is 0.770. The van der Waals surface area contributed by atoms with Gasteiger partial charge in [-0.3, -0.25) is 9.69 Å². The molecule has 0 saturated carbocycles. The average Bonchev–Trinajstić information content (AvgIpc) is 3.15. The molecule has 0 bridgehead atoms. The number of aryl methyl sites for hydroxylation is 1. The molecule has 36 heavy (non-hydrogen) atoms. The summed E-state index contributed by atoms with van der Waals surface area (Å²) < 4.78 is 11.6. The summed E-state index contributed by atoms with van der Waals surface area (Å²) in [6, 6.07) is 27.2. The maximum absolute atomic E-state index is 12.9. The summed E-state index contributed by atoms with van der Waals surface area (Å²) in [4.78, 5) is 26.6. The van der Waals surface area contributed by atoms with Crippen molar-refractivity contribution >= 4 is 28.8 Å². The Hall–Kier alpha value is -4.58. The topological polar surface area (TPSA) is 67.9 Å². The largest absolute Gasteiger partial charge is 0.493 e.